The van der Waals surface area contributed by atoms with Crippen LogP contribution in [0.4, 0.5) is 0 Å². The molecular formula is C14H26N2. The van der Waals surface area contributed by atoms with Gasteiger partial charge in [0.2, 0.25) is 0 Å². The number of nitrogens with one attached hydrogen (secondary N) is 1. The van der Waals surface area contributed by atoms with Crippen molar-refractivity contribution in [3.63, 3.8) is 0 Å². The molecule has 1 aliphatic rings. The zero-order valence-corrected chi connectivity index (χ0v) is 10.8. The maximum absolute atomic E-state index is 3.74. The number of allylic oxidation sites excluding steroid dienone is 1. The van der Waals surface area contributed by atoms with E-state index >= 15 is 0 Å². The van der Waals surface area contributed by atoms with Crippen LogP contribution in [-0.2, 0) is 0 Å². The standard InChI is InChI=1S/C14H26N2/c1-4-5-9-15-14-7-11-16(12-8-14)10-6-13(2)3/h4,6,14-15H,1,5,7-12H2,2-3H3. The van der Waals surface area contributed by atoms with Crippen LogP contribution in [0.15, 0.2) is 24.3 Å². The van der Waals surface area contributed by atoms with Gasteiger partial charge in [-0.25, -0.2) is 0 Å². The van der Waals surface area contributed by atoms with Crippen molar-refractivity contribution >= 4 is 0 Å². The van der Waals surface area contributed by atoms with Crippen LogP contribution in [0.25, 0.3) is 0 Å². The molecule has 0 radical (unpaired) electrons. The number of hydrogen-bond acceptors (Lipinski definition) is 2. The fourth-order valence-electron chi connectivity index (χ4n) is 2.02. The Morgan fingerprint density at radius 3 is 2.62 bits per heavy atom. The summed E-state index contributed by atoms with van der Waals surface area (Å²) in [6.45, 7) is 12.8. The molecule has 0 amide bonds. The molecule has 1 fully saturated rings. The van der Waals surface area contributed by atoms with Crippen LogP contribution in [0.3, 0.4) is 0 Å². The predicted molar refractivity (Wildman–Crippen MR) is 71.7 cm³/mol. The highest BCUT2D eigenvalue weighted by Gasteiger charge is 2.17. The molecule has 0 saturated carbocycles. The summed E-state index contributed by atoms with van der Waals surface area (Å²) in [5, 5.41) is 3.59. The van der Waals surface area contributed by atoms with Crippen LogP contribution in [-0.4, -0.2) is 37.1 Å². The van der Waals surface area contributed by atoms with Crippen molar-refractivity contribution in [2.45, 2.75) is 39.2 Å². The van der Waals surface area contributed by atoms with Crippen molar-refractivity contribution < 1.29 is 0 Å². The van der Waals surface area contributed by atoms with E-state index < -0.39 is 0 Å². The third kappa shape index (κ3) is 5.47. The number of hydrogen-bond donors (Lipinski definition) is 1. The van der Waals surface area contributed by atoms with E-state index in [1.807, 2.05) is 6.08 Å². The van der Waals surface area contributed by atoms with Gasteiger partial charge in [0.25, 0.3) is 0 Å². The summed E-state index contributed by atoms with van der Waals surface area (Å²) in [4.78, 5) is 2.54. The van der Waals surface area contributed by atoms with E-state index in [0.717, 1.165) is 25.6 Å². The Bertz CT molecular complexity index is 221. The molecular weight excluding hydrogens is 196 g/mol. The quantitative estimate of drug-likeness (QED) is 0.549. The van der Waals surface area contributed by atoms with Gasteiger partial charge >= 0.3 is 0 Å². The SMILES string of the molecule is C=CCCNC1CCN(CC=C(C)C)CC1. The van der Waals surface area contributed by atoms with Crippen LogP contribution in [0.2, 0.25) is 0 Å². The Labute approximate surface area is 100 Å². The normalized spacial score (nSPS) is 18.4. The molecule has 1 rings (SSSR count). The molecule has 0 unspecified atom stereocenters. The maximum atomic E-state index is 3.74. The molecule has 2 heteroatoms. The van der Waals surface area contributed by atoms with E-state index in [1.165, 1.54) is 31.5 Å². The second kappa shape index (κ2) is 7.64. The Kier molecular flexibility index (Phi) is 6.43. The minimum Gasteiger partial charge on any atom is -0.314 e. The minimum absolute atomic E-state index is 0.725. The lowest BCUT2D eigenvalue weighted by molar-refractivity contribution is 0.215. The van der Waals surface area contributed by atoms with Crippen molar-refractivity contribution in [3.05, 3.63) is 24.3 Å². The van der Waals surface area contributed by atoms with Gasteiger partial charge in [-0.3, -0.25) is 4.90 Å². The van der Waals surface area contributed by atoms with Crippen molar-refractivity contribution in [2.24, 2.45) is 0 Å². The molecule has 0 atom stereocenters. The van der Waals surface area contributed by atoms with Crippen LogP contribution in [0.5, 0.6) is 0 Å². The number of rotatable bonds is 6. The van der Waals surface area contributed by atoms with Gasteiger partial charge < -0.3 is 5.32 Å². The zero-order chi connectivity index (χ0) is 11.8. The Morgan fingerprint density at radius 1 is 1.38 bits per heavy atom. The monoisotopic (exact) mass is 222 g/mol. The van der Waals surface area contributed by atoms with Crippen LogP contribution >= 0.6 is 0 Å². The van der Waals surface area contributed by atoms with Crippen LogP contribution < -0.4 is 5.32 Å². The van der Waals surface area contributed by atoms with E-state index in [2.05, 4.69) is 36.7 Å². The molecule has 1 saturated heterocycles. The number of likely N-dealkylation sites (tertiary alicyclic amines) is 1. The van der Waals surface area contributed by atoms with Gasteiger partial charge in [0.1, 0.15) is 0 Å². The van der Waals surface area contributed by atoms with Gasteiger partial charge in [-0.05, 0) is 52.7 Å². The zero-order valence-electron chi connectivity index (χ0n) is 10.8. The molecule has 92 valence electrons. The average molecular weight is 222 g/mol. The molecule has 0 aromatic rings. The summed E-state index contributed by atoms with van der Waals surface area (Å²) in [7, 11) is 0. The smallest absolute Gasteiger partial charge is 0.0165 e. The predicted octanol–water partition coefficient (Wildman–Crippen LogP) is 2.58. The first-order valence-corrected chi connectivity index (χ1v) is 6.42. The first-order valence-electron chi connectivity index (χ1n) is 6.42. The first-order chi connectivity index (χ1) is 7.72. The van der Waals surface area contributed by atoms with E-state index in [0.29, 0.717) is 0 Å². The first kappa shape index (κ1) is 13.5. The lowest BCUT2D eigenvalue weighted by Gasteiger charge is -2.31. The van der Waals surface area contributed by atoms with E-state index in [9.17, 15) is 0 Å². The summed E-state index contributed by atoms with van der Waals surface area (Å²) >= 11 is 0. The Morgan fingerprint density at radius 2 is 2.06 bits per heavy atom. The highest BCUT2D eigenvalue weighted by Crippen LogP contribution is 2.10. The number of nitrogens with zero attached hydrogens (tertiary/aromatic N) is 1. The highest BCUT2D eigenvalue weighted by atomic mass is 15.1. The minimum atomic E-state index is 0.725. The molecule has 16 heavy (non-hydrogen) atoms. The average Bonchev–Trinajstić information content (AvgIpc) is 2.28. The fourth-order valence-corrected chi connectivity index (χ4v) is 2.02. The topological polar surface area (TPSA) is 15.3 Å². The van der Waals surface area contributed by atoms with Crippen molar-refractivity contribution in [1.29, 1.82) is 0 Å². The second-order valence-corrected chi connectivity index (χ2v) is 4.89. The van der Waals surface area contributed by atoms with Crippen molar-refractivity contribution in [3.8, 4) is 0 Å². The van der Waals surface area contributed by atoms with Crippen LogP contribution in [0.1, 0.15) is 33.1 Å². The largest absolute Gasteiger partial charge is 0.314 e. The third-order valence-electron chi connectivity index (χ3n) is 3.13. The highest BCUT2D eigenvalue weighted by molar-refractivity contribution is 4.95. The Hall–Kier alpha value is -0.600. The van der Waals surface area contributed by atoms with Gasteiger partial charge in [-0.1, -0.05) is 17.7 Å². The second-order valence-electron chi connectivity index (χ2n) is 4.89. The van der Waals surface area contributed by atoms with E-state index in [1.54, 1.807) is 0 Å². The molecule has 1 N–H and O–H groups in total. The summed E-state index contributed by atoms with van der Waals surface area (Å²) in [5.41, 5.74) is 1.42. The maximum Gasteiger partial charge on any atom is 0.0165 e. The summed E-state index contributed by atoms with van der Waals surface area (Å²) in [6, 6.07) is 0.725. The van der Waals surface area contributed by atoms with Crippen LogP contribution in [0, 0.1) is 0 Å². The lowest BCUT2D eigenvalue weighted by Crippen LogP contribution is -2.42. The molecule has 1 heterocycles. The molecule has 2 nitrogen and oxygen atoms in total. The summed E-state index contributed by atoms with van der Waals surface area (Å²) in [5.74, 6) is 0. The van der Waals surface area contributed by atoms with Crippen molar-refractivity contribution in [2.75, 3.05) is 26.2 Å². The fraction of sp³-hybridized carbons (Fsp3) is 0.714. The number of piperidine rings is 1. The van der Waals surface area contributed by atoms with Gasteiger partial charge in [0, 0.05) is 12.6 Å². The van der Waals surface area contributed by atoms with E-state index in [-0.39, 0.29) is 0 Å². The van der Waals surface area contributed by atoms with Gasteiger partial charge in [-0.15, -0.1) is 6.58 Å². The Balaban J connectivity index is 2.13. The molecule has 0 aliphatic carbocycles. The lowest BCUT2D eigenvalue weighted by atomic mass is 10.0. The summed E-state index contributed by atoms with van der Waals surface area (Å²) < 4.78 is 0. The third-order valence-corrected chi connectivity index (χ3v) is 3.13. The molecule has 1 aliphatic heterocycles. The van der Waals surface area contributed by atoms with E-state index in [4.69, 9.17) is 0 Å². The van der Waals surface area contributed by atoms with Crippen molar-refractivity contribution in [1.82, 2.24) is 10.2 Å². The summed E-state index contributed by atoms with van der Waals surface area (Å²) in [6.07, 6.45) is 7.96. The molecule has 0 aromatic carbocycles. The molecule has 0 spiro atoms. The molecule has 0 aromatic heterocycles. The van der Waals surface area contributed by atoms with Gasteiger partial charge in [-0.2, -0.15) is 0 Å². The van der Waals surface area contributed by atoms with Gasteiger partial charge in [0.05, 0.1) is 0 Å². The van der Waals surface area contributed by atoms with Gasteiger partial charge in [0.15, 0.2) is 0 Å². The molecule has 0 bridgehead atoms.